The molecule has 0 N–H and O–H groups in total. The zero-order valence-corrected chi connectivity index (χ0v) is 19.4. The molecule has 0 saturated carbocycles. The van der Waals surface area contributed by atoms with Crippen LogP contribution in [0.15, 0.2) is 115 Å². The fraction of sp³-hybridized carbons (Fsp3) is 0. The Morgan fingerprint density at radius 2 is 1.06 bits per heavy atom. The SMILES string of the molecule is c1ccc2c(c1)ccc1c2ccc2c3ccc4c(c3ccc21)-c1cccc2c1c-4cc1ncccc12. The van der Waals surface area contributed by atoms with Gasteiger partial charge in [-0.1, -0.05) is 97.1 Å². The second-order valence-corrected chi connectivity index (χ2v) is 9.91. The van der Waals surface area contributed by atoms with Crippen LogP contribution in [0.2, 0.25) is 0 Å². The van der Waals surface area contributed by atoms with Crippen molar-refractivity contribution in [1.82, 2.24) is 4.98 Å². The summed E-state index contributed by atoms with van der Waals surface area (Å²) in [6, 6.07) is 40.4. The molecule has 9 rings (SSSR count). The minimum Gasteiger partial charge on any atom is -0.256 e. The molecule has 7 aromatic carbocycles. The van der Waals surface area contributed by atoms with Gasteiger partial charge in [0.25, 0.3) is 0 Å². The first-order valence-corrected chi connectivity index (χ1v) is 12.5. The molecular formula is C35H19N. The zero-order valence-electron chi connectivity index (χ0n) is 19.4. The Morgan fingerprint density at radius 3 is 1.94 bits per heavy atom. The number of nitrogens with zero attached hydrogens (tertiary/aromatic N) is 1. The van der Waals surface area contributed by atoms with Crippen LogP contribution < -0.4 is 0 Å². The van der Waals surface area contributed by atoms with E-state index in [1.807, 2.05) is 12.3 Å². The van der Waals surface area contributed by atoms with E-state index in [2.05, 4.69) is 108 Å². The number of hydrogen-bond acceptors (Lipinski definition) is 1. The van der Waals surface area contributed by atoms with Crippen molar-refractivity contribution in [3.05, 3.63) is 115 Å². The van der Waals surface area contributed by atoms with Gasteiger partial charge in [-0.2, -0.15) is 0 Å². The molecule has 1 aliphatic carbocycles. The predicted octanol–water partition coefficient (Wildman–Crippen LogP) is 9.65. The van der Waals surface area contributed by atoms with Gasteiger partial charge in [-0.3, -0.25) is 4.98 Å². The van der Waals surface area contributed by atoms with Crippen LogP contribution in [0.3, 0.4) is 0 Å². The van der Waals surface area contributed by atoms with E-state index in [-0.39, 0.29) is 0 Å². The number of fused-ring (bicyclic) bond motifs is 13. The molecule has 0 radical (unpaired) electrons. The molecule has 8 aromatic rings. The number of rotatable bonds is 0. The van der Waals surface area contributed by atoms with Crippen LogP contribution in [-0.2, 0) is 0 Å². The Bertz CT molecular complexity index is 2260. The summed E-state index contributed by atoms with van der Waals surface area (Å²) in [5, 5.41) is 14.4. The van der Waals surface area contributed by atoms with Gasteiger partial charge in [-0.15, -0.1) is 0 Å². The standard InChI is InChI=1S/C35H19N/c1-2-6-21-20(5-1)10-11-23-22(21)12-13-25-24(23)14-16-29-26(25)15-17-30-32-19-33-27(9-4-18-36-33)28-7-3-8-31(34(29)30)35(28)32/h1-19H. The monoisotopic (exact) mass is 453 g/mol. The molecular weight excluding hydrogens is 434 g/mol. The molecule has 36 heavy (non-hydrogen) atoms. The Morgan fingerprint density at radius 1 is 0.389 bits per heavy atom. The molecule has 0 unspecified atom stereocenters. The lowest BCUT2D eigenvalue weighted by Gasteiger charge is -2.13. The summed E-state index contributed by atoms with van der Waals surface area (Å²) in [5.41, 5.74) is 6.35. The first-order valence-electron chi connectivity index (χ1n) is 12.5. The van der Waals surface area contributed by atoms with Crippen LogP contribution in [-0.4, -0.2) is 4.98 Å². The average Bonchev–Trinajstić information content (AvgIpc) is 3.27. The fourth-order valence-corrected chi connectivity index (χ4v) is 6.69. The molecule has 0 aliphatic heterocycles. The first kappa shape index (κ1) is 18.6. The topological polar surface area (TPSA) is 12.9 Å². The van der Waals surface area contributed by atoms with Crippen molar-refractivity contribution in [3.63, 3.8) is 0 Å². The number of hydrogen-bond donors (Lipinski definition) is 0. The van der Waals surface area contributed by atoms with E-state index in [0.717, 1.165) is 5.52 Å². The van der Waals surface area contributed by atoms with Gasteiger partial charge in [-0.05, 0) is 88.2 Å². The van der Waals surface area contributed by atoms with Crippen LogP contribution in [0.4, 0.5) is 0 Å². The molecule has 164 valence electrons. The Hall–Kier alpha value is -4.75. The highest BCUT2D eigenvalue weighted by Gasteiger charge is 2.25. The van der Waals surface area contributed by atoms with Gasteiger partial charge in [0.05, 0.1) is 5.52 Å². The molecule has 1 heteroatoms. The van der Waals surface area contributed by atoms with E-state index in [9.17, 15) is 0 Å². The van der Waals surface area contributed by atoms with Gasteiger partial charge in [0.1, 0.15) is 0 Å². The smallest absolute Gasteiger partial charge is 0.0714 e. The van der Waals surface area contributed by atoms with Gasteiger partial charge < -0.3 is 0 Å². The third-order valence-electron chi connectivity index (χ3n) is 8.22. The molecule has 0 bridgehead atoms. The van der Waals surface area contributed by atoms with E-state index < -0.39 is 0 Å². The molecule has 1 nitrogen and oxygen atoms in total. The third kappa shape index (κ3) is 2.19. The molecule has 0 amide bonds. The van der Waals surface area contributed by atoms with E-state index >= 15 is 0 Å². The van der Waals surface area contributed by atoms with Crippen LogP contribution >= 0.6 is 0 Å². The number of benzene rings is 7. The van der Waals surface area contributed by atoms with Crippen molar-refractivity contribution < 1.29 is 0 Å². The molecule has 1 aliphatic rings. The van der Waals surface area contributed by atoms with Crippen LogP contribution in [0, 0.1) is 0 Å². The average molecular weight is 454 g/mol. The highest BCUT2D eigenvalue weighted by Crippen LogP contribution is 2.52. The number of aromatic nitrogens is 1. The van der Waals surface area contributed by atoms with Gasteiger partial charge in [0.2, 0.25) is 0 Å². The minimum atomic E-state index is 1.06. The summed E-state index contributed by atoms with van der Waals surface area (Å²) in [6.45, 7) is 0. The highest BCUT2D eigenvalue weighted by atomic mass is 14.6. The molecule has 0 fully saturated rings. The quantitative estimate of drug-likeness (QED) is 0.208. The Kier molecular flexibility index (Phi) is 3.34. The molecule has 0 atom stereocenters. The molecule has 1 heterocycles. The van der Waals surface area contributed by atoms with Crippen molar-refractivity contribution in [3.8, 4) is 22.3 Å². The maximum absolute atomic E-state index is 4.69. The summed E-state index contributed by atoms with van der Waals surface area (Å²) in [6.07, 6.45) is 1.89. The molecule has 1 aromatic heterocycles. The second kappa shape index (κ2) is 6.47. The second-order valence-electron chi connectivity index (χ2n) is 9.91. The maximum Gasteiger partial charge on any atom is 0.0714 e. The predicted molar refractivity (Wildman–Crippen MR) is 154 cm³/mol. The van der Waals surface area contributed by atoms with Crippen LogP contribution in [0.25, 0.3) is 87.0 Å². The minimum absolute atomic E-state index is 1.06. The van der Waals surface area contributed by atoms with Crippen molar-refractivity contribution in [2.45, 2.75) is 0 Å². The summed E-state index contributed by atoms with van der Waals surface area (Å²) >= 11 is 0. The molecule has 0 saturated heterocycles. The first-order chi connectivity index (χ1) is 17.9. The van der Waals surface area contributed by atoms with E-state index in [1.165, 1.54) is 81.5 Å². The third-order valence-corrected chi connectivity index (χ3v) is 8.22. The lowest BCUT2D eigenvalue weighted by Crippen LogP contribution is -1.85. The van der Waals surface area contributed by atoms with Gasteiger partial charge in [0.15, 0.2) is 0 Å². The maximum atomic E-state index is 4.69. The lowest BCUT2D eigenvalue weighted by molar-refractivity contribution is 1.42. The van der Waals surface area contributed by atoms with E-state index in [4.69, 9.17) is 0 Å². The lowest BCUT2D eigenvalue weighted by atomic mass is 9.91. The summed E-state index contributed by atoms with van der Waals surface area (Å²) in [7, 11) is 0. The Balaban J connectivity index is 1.41. The van der Waals surface area contributed by atoms with Crippen molar-refractivity contribution >= 4 is 64.8 Å². The van der Waals surface area contributed by atoms with Crippen LogP contribution in [0.5, 0.6) is 0 Å². The van der Waals surface area contributed by atoms with Crippen molar-refractivity contribution in [2.75, 3.05) is 0 Å². The zero-order chi connectivity index (χ0) is 23.4. The van der Waals surface area contributed by atoms with Gasteiger partial charge >= 0.3 is 0 Å². The molecule has 0 spiro atoms. The van der Waals surface area contributed by atoms with Gasteiger partial charge in [-0.25, -0.2) is 0 Å². The number of pyridine rings is 1. The van der Waals surface area contributed by atoms with Gasteiger partial charge in [0, 0.05) is 11.6 Å². The summed E-state index contributed by atoms with van der Waals surface area (Å²) in [4.78, 5) is 4.69. The normalized spacial score (nSPS) is 12.4. The highest BCUT2D eigenvalue weighted by molar-refractivity contribution is 6.29. The summed E-state index contributed by atoms with van der Waals surface area (Å²) < 4.78 is 0. The van der Waals surface area contributed by atoms with E-state index in [0.29, 0.717) is 0 Å². The van der Waals surface area contributed by atoms with Crippen LogP contribution in [0.1, 0.15) is 0 Å². The van der Waals surface area contributed by atoms with E-state index in [1.54, 1.807) is 0 Å². The Labute approximate surface area is 207 Å². The van der Waals surface area contributed by atoms with Crippen molar-refractivity contribution in [1.29, 1.82) is 0 Å². The van der Waals surface area contributed by atoms with Crippen molar-refractivity contribution in [2.24, 2.45) is 0 Å². The largest absolute Gasteiger partial charge is 0.256 e. The summed E-state index contributed by atoms with van der Waals surface area (Å²) in [5.74, 6) is 0. The fourth-order valence-electron chi connectivity index (χ4n) is 6.69.